The minimum absolute atomic E-state index is 0.0350. The highest BCUT2D eigenvalue weighted by Crippen LogP contribution is 2.41. The molecule has 0 aliphatic carbocycles. The zero-order chi connectivity index (χ0) is 29.1. The van der Waals surface area contributed by atoms with Crippen molar-refractivity contribution in [1.82, 2.24) is 34.5 Å². The summed E-state index contributed by atoms with van der Waals surface area (Å²) < 4.78 is 18.4. The van der Waals surface area contributed by atoms with Crippen LogP contribution in [0.25, 0.3) is 28.2 Å². The Labute approximate surface area is 248 Å². The topological polar surface area (TPSA) is 123 Å². The summed E-state index contributed by atoms with van der Waals surface area (Å²) in [5.74, 6) is 0.194. The van der Waals surface area contributed by atoms with Crippen LogP contribution in [-0.4, -0.2) is 40.4 Å². The third kappa shape index (κ3) is 4.49. The van der Waals surface area contributed by atoms with E-state index < -0.39 is 12.0 Å². The SMILES string of the molecule is CC[C@@H]1C[C@@H](c2nc(F)c(-c3ccc4c(c3)CCC(=O)N4)[nH]2)n2c1nc(-c1cc(Cl)ccc1-n1cc(Cl)nn1)cc2=O. The Morgan fingerprint density at radius 2 is 1.93 bits per heavy atom. The predicted octanol–water partition coefficient (Wildman–Crippen LogP) is 5.70. The lowest BCUT2D eigenvalue weighted by Gasteiger charge is -2.17. The maximum absolute atomic E-state index is 15.3. The molecule has 2 N–H and O–H groups in total. The molecule has 13 heteroatoms. The standard InChI is InChI=1S/C29H23Cl2FN8O2/c1-2-14-10-22(28-35-26(27(32)36-28)16-3-6-19-15(9-16)4-8-24(41)33-19)40-25(42)12-20(34-29(14)40)18-11-17(30)5-7-21(18)39-13-23(31)37-38-39/h3,5-7,9,11-14,22H,2,4,8,10H2,1H3,(H,33,41)(H,35,36)/t14-,22+/m1/s1. The van der Waals surface area contributed by atoms with Gasteiger partial charge in [0, 0.05) is 40.2 Å². The number of benzene rings is 2. The van der Waals surface area contributed by atoms with Crippen molar-refractivity contribution in [3.8, 4) is 28.2 Å². The van der Waals surface area contributed by atoms with Crippen LogP contribution < -0.4 is 10.9 Å². The van der Waals surface area contributed by atoms with Crippen molar-refractivity contribution >= 4 is 34.8 Å². The van der Waals surface area contributed by atoms with Crippen LogP contribution in [0.2, 0.25) is 10.2 Å². The van der Waals surface area contributed by atoms with Gasteiger partial charge in [0.15, 0.2) is 5.15 Å². The van der Waals surface area contributed by atoms with Crippen LogP contribution in [0.5, 0.6) is 0 Å². The number of nitrogens with one attached hydrogen (secondary N) is 2. The van der Waals surface area contributed by atoms with Crippen LogP contribution in [0.1, 0.15) is 55.4 Å². The molecule has 0 saturated heterocycles. The molecule has 0 unspecified atom stereocenters. The summed E-state index contributed by atoms with van der Waals surface area (Å²) in [4.78, 5) is 37.7. The minimum Gasteiger partial charge on any atom is -0.338 e. The number of hydrogen-bond donors (Lipinski definition) is 2. The van der Waals surface area contributed by atoms with Gasteiger partial charge in [0.1, 0.15) is 17.3 Å². The number of amides is 1. The number of carbonyl (C=O) groups excluding carboxylic acids is 1. The molecule has 2 aliphatic heterocycles. The van der Waals surface area contributed by atoms with Gasteiger partial charge in [-0.3, -0.25) is 14.2 Å². The van der Waals surface area contributed by atoms with E-state index in [1.807, 2.05) is 13.0 Å². The number of hydrogen-bond acceptors (Lipinski definition) is 6. The van der Waals surface area contributed by atoms with E-state index in [-0.39, 0.29) is 28.2 Å². The first-order chi connectivity index (χ1) is 20.3. The Bertz CT molecular complexity index is 1950. The highest BCUT2D eigenvalue weighted by Gasteiger charge is 2.36. The molecule has 0 bridgehead atoms. The normalized spacial score (nSPS) is 17.7. The second-order valence-electron chi connectivity index (χ2n) is 10.4. The van der Waals surface area contributed by atoms with E-state index in [0.717, 1.165) is 17.7 Å². The number of fused-ring (bicyclic) bond motifs is 2. The fourth-order valence-corrected chi connectivity index (χ4v) is 6.14. The fourth-order valence-electron chi connectivity index (χ4n) is 5.84. The van der Waals surface area contributed by atoms with E-state index in [1.54, 1.807) is 41.1 Å². The van der Waals surface area contributed by atoms with Gasteiger partial charge in [-0.2, -0.15) is 4.39 Å². The monoisotopic (exact) mass is 604 g/mol. The Balaban J connectivity index is 1.29. The van der Waals surface area contributed by atoms with Crippen molar-refractivity contribution in [2.75, 3.05) is 5.32 Å². The number of aromatic amines is 1. The molecule has 0 fully saturated rings. The average molecular weight is 605 g/mol. The zero-order valence-electron chi connectivity index (χ0n) is 22.2. The Morgan fingerprint density at radius 3 is 2.71 bits per heavy atom. The van der Waals surface area contributed by atoms with Crippen LogP contribution in [0.4, 0.5) is 10.1 Å². The molecule has 1 amide bonds. The first-order valence-corrected chi connectivity index (χ1v) is 14.2. The summed E-state index contributed by atoms with van der Waals surface area (Å²) >= 11 is 12.3. The fraction of sp³-hybridized carbons (Fsp3) is 0.241. The van der Waals surface area contributed by atoms with Crippen molar-refractivity contribution in [2.45, 2.75) is 44.6 Å². The van der Waals surface area contributed by atoms with E-state index in [1.165, 1.54) is 10.7 Å². The molecule has 7 rings (SSSR count). The van der Waals surface area contributed by atoms with Gasteiger partial charge in [0.25, 0.3) is 5.56 Å². The number of aromatic nitrogens is 7. The van der Waals surface area contributed by atoms with Crippen molar-refractivity contribution in [3.05, 3.63) is 92.4 Å². The Kier molecular flexibility index (Phi) is 6.43. The van der Waals surface area contributed by atoms with Gasteiger partial charge in [-0.1, -0.05) is 41.4 Å². The van der Waals surface area contributed by atoms with Gasteiger partial charge in [-0.15, -0.1) is 5.10 Å². The summed E-state index contributed by atoms with van der Waals surface area (Å²) in [5, 5.41) is 11.4. The molecule has 42 heavy (non-hydrogen) atoms. The molecule has 10 nitrogen and oxygen atoms in total. The van der Waals surface area contributed by atoms with Crippen LogP contribution in [0.3, 0.4) is 0 Å². The second-order valence-corrected chi connectivity index (χ2v) is 11.2. The number of imidazole rings is 1. The lowest BCUT2D eigenvalue weighted by Crippen LogP contribution is -2.25. The van der Waals surface area contributed by atoms with Crippen molar-refractivity contribution in [1.29, 1.82) is 0 Å². The third-order valence-electron chi connectivity index (χ3n) is 7.89. The van der Waals surface area contributed by atoms with E-state index in [4.69, 9.17) is 28.2 Å². The third-order valence-corrected chi connectivity index (χ3v) is 8.29. The first-order valence-electron chi connectivity index (χ1n) is 13.5. The number of aryl methyl sites for hydroxylation is 1. The van der Waals surface area contributed by atoms with Crippen LogP contribution in [-0.2, 0) is 11.2 Å². The molecule has 2 aromatic carbocycles. The molecule has 212 valence electrons. The van der Waals surface area contributed by atoms with Gasteiger partial charge in [-0.05, 0) is 55.2 Å². The molecule has 5 heterocycles. The predicted molar refractivity (Wildman–Crippen MR) is 156 cm³/mol. The highest BCUT2D eigenvalue weighted by molar-refractivity contribution is 6.31. The van der Waals surface area contributed by atoms with Crippen LogP contribution in [0, 0.1) is 5.95 Å². The number of H-pyrrole nitrogens is 1. The lowest BCUT2D eigenvalue weighted by atomic mass is 9.99. The second kappa shape index (κ2) is 10.2. The van der Waals surface area contributed by atoms with E-state index >= 15 is 4.39 Å². The van der Waals surface area contributed by atoms with Crippen molar-refractivity contribution < 1.29 is 9.18 Å². The van der Waals surface area contributed by atoms with Gasteiger partial charge in [0.2, 0.25) is 11.9 Å². The molecule has 3 aromatic heterocycles. The van der Waals surface area contributed by atoms with Crippen LogP contribution >= 0.6 is 23.2 Å². The summed E-state index contributed by atoms with van der Waals surface area (Å²) in [5.41, 5.74) is 3.87. The van der Waals surface area contributed by atoms with Gasteiger partial charge >= 0.3 is 0 Å². The molecular weight excluding hydrogens is 582 g/mol. The molecular formula is C29H23Cl2FN8O2. The molecule has 5 aromatic rings. The molecule has 0 saturated carbocycles. The number of rotatable bonds is 5. The average Bonchev–Trinajstić information content (AvgIpc) is 3.69. The summed E-state index contributed by atoms with van der Waals surface area (Å²) in [6, 6.07) is 11.5. The van der Waals surface area contributed by atoms with Crippen molar-refractivity contribution in [2.24, 2.45) is 0 Å². The van der Waals surface area contributed by atoms with Crippen molar-refractivity contribution in [3.63, 3.8) is 0 Å². The molecule has 2 aliphatic rings. The van der Waals surface area contributed by atoms with E-state index in [9.17, 15) is 9.59 Å². The molecule has 2 atom stereocenters. The largest absolute Gasteiger partial charge is 0.338 e. The van der Waals surface area contributed by atoms with Gasteiger partial charge in [-0.25, -0.2) is 14.6 Å². The van der Waals surface area contributed by atoms with E-state index in [0.29, 0.717) is 58.4 Å². The highest BCUT2D eigenvalue weighted by atomic mass is 35.5. The smallest absolute Gasteiger partial charge is 0.254 e. The summed E-state index contributed by atoms with van der Waals surface area (Å²) in [6.07, 6.45) is 3.77. The van der Waals surface area contributed by atoms with Crippen LogP contribution in [0.15, 0.2) is 53.5 Å². The lowest BCUT2D eigenvalue weighted by molar-refractivity contribution is -0.116. The number of carbonyl (C=O) groups is 1. The molecule has 0 radical (unpaired) electrons. The Morgan fingerprint density at radius 1 is 1.07 bits per heavy atom. The number of anilines is 1. The summed E-state index contributed by atoms with van der Waals surface area (Å²) in [7, 11) is 0. The van der Waals surface area contributed by atoms with Gasteiger partial charge in [0.05, 0.1) is 23.6 Å². The zero-order valence-corrected chi connectivity index (χ0v) is 23.7. The maximum atomic E-state index is 15.3. The van der Waals surface area contributed by atoms with E-state index in [2.05, 4.69) is 25.6 Å². The van der Waals surface area contributed by atoms with Gasteiger partial charge < -0.3 is 10.3 Å². The number of halogens is 3. The summed E-state index contributed by atoms with van der Waals surface area (Å²) in [6.45, 7) is 2.03. The molecule has 0 spiro atoms. The quantitative estimate of drug-likeness (QED) is 0.265. The minimum atomic E-state index is -0.654. The Hall–Kier alpha value is -4.35. The number of nitrogens with zero attached hydrogens (tertiary/aromatic N) is 6. The maximum Gasteiger partial charge on any atom is 0.254 e. The first kappa shape index (κ1) is 26.5.